The van der Waals surface area contributed by atoms with Gasteiger partial charge in [-0.2, -0.15) is 5.26 Å². The van der Waals surface area contributed by atoms with E-state index in [1.807, 2.05) is 6.92 Å². The maximum atomic E-state index is 13.2. The van der Waals surface area contributed by atoms with Crippen LogP contribution < -0.4 is 0 Å². The smallest absolute Gasteiger partial charge is 0.312 e. The lowest BCUT2D eigenvalue weighted by Gasteiger charge is -2.59. The first kappa shape index (κ1) is 18.7. The van der Waals surface area contributed by atoms with Crippen molar-refractivity contribution in [1.29, 1.82) is 5.26 Å². The Hall–Kier alpha value is -1.04. The van der Waals surface area contributed by atoms with Gasteiger partial charge in [0.25, 0.3) is 0 Å². The second-order valence-corrected chi connectivity index (χ2v) is 9.71. The summed E-state index contributed by atoms with van der Waals surface area (Å²) in [5.74, 6) is 3.01. The molecule has 2 unspecified atom stereocenters. The fourth-order valence-electron chi connectivity index (χ4n) is 5.90. The van der Waals surface area contributed by atoms with Crippen molar-refractivity contribution >= 4 is 5.97 Å². The highest BCUT2D eigenvalue weighted by molar-refractivity contribution is 5.76. The Morgan fingerprint density at radius 1 is 1.24 bits per heavy atom. The molecular weight excluding hydrogens is 310 g/mol. The lowest BCUT2D eigenvalue weighted by molar-refractivity contribution is -0.212. The van der Waals surface area contributed by atoms with Crippen molar-refractivity contribution in [3.8, 4) is 6.07 Å². The monoisotopic (exact) mass is 345 g/mol. The molecule has 0 N–H and O–H groups in total. The highest BCUT2D eigenvalue weighted by Gasteiger charge is 2.57. The minimum atomic E-state index is -0.410. The van der Waals surface area contributed by atoms with Crippen LogP contribution in [0.2, 0.25) is 0 Å². The van der Waals surface area contributed by atoms with E-state index in [-0.39, 0.29) is 17.5 Å². The summed E-state index contributed by atoms with van der Waals surface area (Å²) < 4.78 is 6.35. The quantitative estimate of drug-likeness (QED) is 0.573. The molecule has 4 saturated carbocycles. The van der Waals surface area contributed by atoms with Crippen LogP contribution in [0.25, 0.3) is 0 Å². The molecule has 4 fully saturated rings. The largest absolute Gasteiger partial charge is 0.458 e. The summed E-state index contributed by atoms with van der Waals surface area (Å²) in [5, 5.41) is 8.96. The van der Waals surface area contributed by atoms with E-state index < -0.39 is 5.41 Å². The van der Waals surface area contributed by atoms with Crippen LogP contribution >= 0.6 is 0 Å². The fraction of sp³-hybridized carbons (Fsp3) is 0.909. The summed E-state index contributed by atoms with van der Waals surface area (Å²) in [6, 6.07) is 2.29. The number of rotatable bonds is 7. The molecule has 4 bridgehead atoms. The molecule has 2 atom stereocenters. The van der Waals surface area contributed by atoms with Crippen molar-refractivity contribution in [2.75, 3.05) is 0 Å². The van der Waals surface area contributed by atoms with Gasteiger partial charge in [0.05, 0.1) is 11.5 Å². The van der Waals surface area contributed by atoms with Gasteiger partial charge in [-0.25, -0.2) is 0 Å². The SMILES string of the molecule is CCC(C)(CCCC(C)C#N)C(=O)OC1(C)C2CC3CC(C2)CC1C3. The molecule has 0 aromatic heterocycles. The van der Waals surface area contributed by atoms with Crippen LogP contribution in [-0.4, -0.2) is 11.6 Å². The molecule has 0 spiro atoms. The molecule has 140 valence electrons. The van der Waals surface area contributed by atoms with Crippen LogP contribution in [0.15, 0.2) is 0 Å². The topological polar surface area (TPSA) is 50.1 Å². The number of carbonyl (C=O) groups excluding carboxylic acids is 1. The van der Waals surface area contributed by atoms with E-state index in [2.05, 4.69) is 26.8 Å². The van der Waals surface area contributed by atoms with E-state index >= 15 is 0 Å². The number of esters is 1. The van der Waals surface area contributed by atoms with E-state index in [4.69, 9.17) is 10.00 Å². The Kier molecular flexibility index (Phi) is 5.20. The van der Waals surface area contributed by atoms with Gasteiger partial charge in [0.1, 0.15) is 5.60 Å². The van der Waals surface area contributed by atoms with Crippen LogP contribution in [0.4, 0.5) is 0 Å². The number of hydrogen-bond acceptors (Lipinski definition) is 3. The average molecular weight is 346 g/mol. The van der Waals surface area contributed by atoms with Crippen molar-refractivity contribution in [1.82, 2.24) is 0 Å². The molecule has 0 aromatic rings. The molecule has 4 rings (SSSR count). The Labute approximate surface area is 153 Å². The van der Waals surface area contributed by atoms with E-state index in [1.54, 1.807) is 0 Å². The normalized spacial score (nSPS) is 39.5. The molecule has 3 heteroatoms. The van der Waals surface area contributed by atoms with Gasteiger partial charge in [-0.1, -0.05) is 13.3 Å². The summed E-state index contributed by atoms with van der Waals surface area (Å²) in [6.45, 7) is 8.34. The molecule has 0 heterocycles. The predicted molar refractivity (Wildman–Crippen MR) is 98.6 cm³/mol. The van der Waals surface area contributed by atoms with Crippen molar-refractivity contribution in [2.45, 2.75) is 91.1 Å². The molecule has 0 aliphatic heterocycles. The number of nitriles is 1. The number of carbonyl (C=O) groups is 1. The predicted octanol–water partition coefficient (Wildman–Crippen LogP) is 5.49. The molecule has 3 nitrogen and oxygen atoms in total. The zero-order valence-corrected chi connectivity index (χ0v) is 16.5. The van der Waals surface area contributed by atoms with Gasteiger partial charge in [0.15, 0.2) is 0 Å². The zero-order chi connectivity index (χ0) is 18.2. The van der Waals surface area contributed by atoms with Crippen LogP contribution in [0, 0.1) is 46.3 Å². The van der Waals surface area contributed by atoms with E-state index in [0.29, 0.717) is 11.8 Å². The fourth-order valence-corrected chi connectivity index (χ4v) is 5.90. The van der Waals surface area contributed by atoms with Crippen LogP contribution in [0.3, 0.4) is 0 Å². The second kappa shape index (κ2) is 6.93. The van der Waals surface area contributed by atoms with Gasteiger partial charge in [0.2, 0.25) is 0 Å². The lowest BCUT2D eigenvalue weighted by Crippen LogP contribution is -2.58. The minimum absolute atomic E-state index is 0.00887. The van der Waals surface area contributed by atoms with Crippen LogP contribution in [0.5, 0.6) is 0 Å². The van der Waals surface area contributed by atoms with Gasteiger partial charge in [0, 0.05) is 5.92 Å². The molecule has 4 aliphatic carbocycles. The Bertz CT molecular complexity index is 521. The zero-order valence-electron chi connectivity index (χ0n) is 16.5. The highest BCUT2D eigenvalue weighted by Crippen LogP contribution is 2.59. The molecule has 0 saturated heterocycles. The molecule has 4 aliphatic rings. The van der Waals surface area contributed by atoms with Gasteiger partial charge in [-0.15, -0.1) is 0 Å². The molecule has 0 amide bonds. The third-order valence-electron chi connectivity index (χ3n) is 7.93. The number of ether oxygens (including phenoxy) is 1. The van der Waals surface area contributed by atoms with Crippen molar-refractivity contribution in [2.24, 2.45) is 35.0 Å². The van der Waals surface area contributed by atoms with E-state index in [9.17, 15) is 4.79 Å². The summed E-state index contributed by atoms with van der Waals surface area (Å²) >= 11 is 0. The third-order valence-corrected chi connectivity index (χ3v) is 7.93. The molecule has 0 radical (unpaired) electrons. The standard InChI is InChI=1S/C22H35NO2/c1-5-21(3,8-6-7-15(2)14-23)20(24)25-22(4)18-10-16-9-17(12-18)13-19(22)11-16/h15-19H,5-13H2,1-4H3. The summed E-state index contributed by atoms with van der Waals surface area (Å²) in [4.78, 5) is 13.2. The Balaban J connectivity index is 1.64. The minimum Gasteiger partial charge on any atom is -0.458 e. The van der Waals surface area contributed by atoms with E-state index in [1.165, 1.54) is 32.1 Å². The van der Waals surface area contributed by atoms with Crippen molar-refractivity contribution in [3.63, 3.8) is 0 Å². The van der Waals surface area contributed by atoms with Gasteiger partial charge >= 0.3 is 5.97 Å². The number of nitrogens with zero attached hydrogens (tertiary/aromatic N) is 1. The van der Waals surface area contributed by atoms with Crippen LogP contribution in [-0.2, 0) is 9.53 Å². The van der Waals surface area contributed by atoms with Crippen molar-refractivity contribution in [3.05, 3.63) is 0 Å². The third kappa shape index (κ3) is 3.46. The van der Waals surface area contributed by atoms with E-state index in [0.717, 1.165) is 37.5 Å². The van der Waals surface area contributed by atoms with Crippen LogP contribution in [0.1, 0.15) is 85.5 Å². The second-order valence-electron chi connectivity index (χ2n) is 9.71. The van der Waals surface area contributed by atoms with Gasteiger partial charge in [-0.3, -0.25) is 4.79 Å². The van der Waals surface area contributed by atoms with Gasteiger partial charge in [-0.05, 0) is 95.8 Å². The first-order valence-electron chi connectivity index (χ1n) is 10.4. The Morgan fingerprint density at radius 2 is 1.80 bits per heavy atom. The molecule has 25 heavy (non-hydrogen) atoms. The number of hydrogen-bond donors (Lipinski definition) is 0. The summed E-state index contributed by atoms with van der Waals surface area (Å²) in [5.41, 5.74) is -0.645. The first-order valence-corrected chi connectivity index (χ1v) is 10.4. The maximum Gasteiger partial charge on any atom is 0.312 e. The van der Waals surface area contributed by atoms with Gasteiger partial charge < -0.3 is 4.74 Å². The maximum absolute atomic E-state index is 13.2. The summed E-state index contributed by atoms with van der Waals surface area (Å²) in [6.07, 6.45) is 9.89. The van der Waals surface area contributed by atoms with Crippen molar-refractivity contribution < 1.29 is 9.53 Å². The first-order chi connectivity index (χ1) is 11.8. The summed E-state index contributed by atoms with van der Waals surface area (Å²) in [7, 11) is 0. The molecular formula is C22H35NO2. The highest BCUT2D eigenvalue weighted by atomic mass is 16.6. The lowest BCUT2D eigenvalue weighted by atomic mass is 9.50. The molecule has 0 aromatic carbocycles. The average Bonchev–Trinajstić information content (AvgIpc) is 2.58. The Morgan fingerprint density at radius 3 is 2.28 bits per heavy atom.